The molecule has 5 heteroatoms. The number of aromatic nitrogens is 3. The summed E-state index contributed by atoms with van der Waals surface area (Å²) in [6, 6.07) is 53.5. The summed E-state index contributed by atoms with van der Waals surface area (Å²) in [5.41, 5.74) is 12.5. The van der Waals surface area contributed by atoms with Gasteiger partial charge < -0.3 is 9.32 Å². The zero-order valence-electron chi connectivity index (χ0n) is 28.9. The average Bonchev–Trinajstić information content (AvgIpc) is 3.80. The third kappa shape index (κ3) is 5.41. The molecule has 0 spiro atoms. The molecule has 0 fully saturated rings. The molecular weight excluding hydrogens is 613 g/mol. The minimum absolute atomic E-state index is 0.458. The molecule has 0 amide bonds. The van der Waals surface area contributed by atoms with Gasteiger partial charge >= 0.3 is 0 Å². The molecule has 5 nitrogen and oxygen atoms in total. The van der Waals surface area contributed by atoms with E-state index in [1.807, 2.05) is 24.3 Å². The zero-order chi connectivity index (χ0) is 34.2. The number of anilines is 3. The van der Waals surface area contributed by atoms with Crippen LogP contribution < -0.4 is 4.90 Å². The molecule has 0 aliphatic heterocycles. The maximum absolute atomic E-state index is 6.43. The lowest BCUT2D eigenvalue weighted by Gasteiger charge is -2.26. The standard InChI is InChI=1S/C42H32N4O.C3H8/c1-28(2)29-17-21-33(22-18-29)44(34-23-19-31(20-24-34)30-11-5-3-6-12-30)35-25-26-37-38(27-35)45(32-13-7-4-8-14-32)42-43-40-36-15-9-10-16-39(36)47-41(40)46(37)42;1-3-2/h3-28H,1-2H3;3H2,1-2H3. The Morgan fingerprint density at radius 2 is 1.20 bits per heavy atom. The molecule has 9 rings (SSSR count). The number of imidazole rings is 2. The molecule has 0 unspecified atom stereocenters. The van der Waals surface area contributed by atoms with E-state index in [2.05, 4.69) is 169 Å². The molecule has 3 aromatic heterocycles. The highest BCUT2D eigenvalue weighted by atomic mass is 16.3. The quantitative estimate of drug-likeness (QED) is 0.179. The molecule has 0 saturated carbocycles. The first kappa shape index (κ1) is 31.2. The highest BCUT2D eigenvalue weighted by molar-refractivity contribution is 6.05. The molecule has 6 aromatic carbocycles. The van der Waals surface area contributed by atoms with Gasteiger partial charge in [0, 0.05) is 28.1 Å². The van der Waals surface area contributed by atoms with Crippen LogP contribution in [0.3, 0.4) is 0 Å². The fraction of sp³-hybridized carbons (Fsp3) is 0.133. The van der Waals surface area contributed by atoms with Gasteiger partial charge in [-0.05, 0) is 89.3 Å². The smallest absolute Gasteiger partial charge is 0.234 e. The summed E-state index contributed by atoms with van der Waals surface area (Å²) in [5.74, 6) is 1.28. The first-order chi connectivity index (χ1) is 24.6. The van der Waals surface area contributed by atoms with Gasteiger partial charge in [0.2, 0.25) is 11.5 Å². The number of para-hydroxylation sites is 2. The summed E-state index contributed by atoms with van der Waals surface area (Å²) >= 11 is 0. The van der Waals surface area contributed by atoms with Crippen LogP contribution in [0, 0.1) is 0 Å². The van der Waals surface area contributed by atoms with E-state index in [9.17, 15) is 0 Å². The molecule has 3 heterocycles. The summed E-state index contributed by atoms with van der Waals surface area (Å²) < 4.78 is 10.8. The van der Waals surface area contributed by atoms with Gasteiger partial charge in [-0.25, -0.2) is 9.38 Å². The first-order valence-corrected chi connectivity index (χ1v) is 17.5. The summed E-state index contributed by atoms with van der Waals surface area (Å²) in [4.78, 5) is 7.52. The molecule has 0 bridgehead atoms. The number of benzene rings is 6. The fourth-order valence-corrected chi connectivity index (χ4v) is 6.73. The number of furan rings is 1. The van der Waals surface area contributed by atoms with Crippen molar-refractivity contribution in [2.45, 2.75) is 40.0 Å². The second-order valence-corrected chi connectivity index (χ2v) is 13.0. The van der Waals surface area contributed by atoms with Crippen molar-refractivity contribution in [1.29, 1.82) is 0 Å². The van der Waals surface area contributed by atoms with Crippen LogP contribution in [0.4, 0.5) is 17.1 Å². The summed E-state index contributed by atoms with van der Waals surface area (Å²) in [6.07, 6.45) is 1.25. The molecule has 9 aromatic rings. The maximum Gasteiger partial charge on any atom is 0.234 e. The molecule has 0 aliphatic carbocycles. The summed E-state index contributed by atoms with van der Waals surface area (Å²) in [6.45, 7) is 8.71. The summed E-state index contributed by atoms with van der Waals surface area (Å²) in [7, 11) is 0. The van der Waals surface area contributed by atoms with Crippen LogP contribution in [0.5, 0.6) is 0 Å². The second kappa shape index (κ2) is 13.1. The van der Waals surface area contributed by atoms with E-state index < -0.39 is 0 Å². The van der Waals surface area contributed by atoms with Crippen LogP contribution in [0.25, 0.3) is 55.8 Å². The van der Waals surface area contributed by atoms with Gasteiger partial charge in [-0.15, -0.1) is 0 Å². The highest BCUT2D eigenvalue weighted by Crippen LogP contribution is 2.40. The Kier molecular flexibility index (Phi) is 8.17. The molecule has 0 N–H and O–H groups in total. The average molecular weight is 653 g/mol. The number of fused-ring (bicyclic) bond motifs is 7. The van der Waals surface area contributed by atoms with E-state index in [4.69, 9.17) is 9.40 Å². The second-order valence-electron chi connectivity index (χ2n) is 13.0. The SMILES string of the molecule is CC(C)c1ccc(N(c2ccc(-c3ccccc3)cc2)c2ccc3c(c2)n(-c2ccccc2)c2nc4c5ccccc5oc4n32)cc1.CCC. The molecule has 50 heavy (non-hydrogen) atoms. The largest absolute Gasteiger partial charge is 0.437 e. The van der Waals surface area contributed by atoms with E-state index in [0.717, 1.165) is 61.8 Å². The van der Waals surface area contributed by atoms with Crippen LogP contribution in [0.15, 0.2) is 156 Å². The van der Waals surface area contributed by atoms with Crippen molar-refractivity contribution in [1.82, 2.24) is 14.0 Å². The van der Waals surface area contributed by atoms with Crippen LogP contribution in [-0.2, 0) is 0 Å². The molecule has 0 atom stereocenters. The third-order valence-corrected chi connectivity index (χ3v) is 9.13. The van der Waals surface area contributed by atoms with Crippen molar-refractivity contribution in [3.8, 4) is 16.8 Å². The monoisotopic (exact) mass is 652 g/mol. The van der Waals surface area contributed by atoms with Gasteiger partial charge in [-0.1, -0.05) is 119 Å². The molecule has 246 valence electrons. The van der Waals surface area contributed by atoms with E-state index in [1.165, 1.54) is 23.1 Å². The lowest BCUT2D eigenvalue weighted by molar-refractivity contribution is 0.651. The van der Waals surface area contributed by atoms with E-state index in [1.54, 1.807) is 0 Å². The van der Waals surface area contributed by atoms with Gasteiger partial charge in [0.25, 0.3) is 0 Å². The Balaban J connectivity index is 0.00000116. The van der Waals surface area contributed by atoms with Crippen molar-refractivity contribution in [3.63, 3.8) is 0 Å². The molecule has 0 aliphatic rings. The van der Waals surface area contributed by atoms with Crippen LogP contribution in [-0.4, -0.2) is 14.0 Å². The van der Waals surface area contributed by atoms with Gasteiger partial charge in [0.05, 0.1) is 11.0 Å². The Bertz CT molecular complexity index is 2540. The topological polar surface area (TPSA) is 38.6 Å². The van der Waals surface area contributed by atoms with Crippen molar-refractivity contribution in [2.75, 3.05) is 4.90 Å². The zero-order valence-corrected chi connectivity index (χ0v) is 28.9. The molecule has 0 radical (unpaired) electrons. The van der Waals surface area contributed by atoms with Crippen LogP contribution >= 0.6 is 0 Å². The van der Waals surface area contributed by atoms with E-state index >= 15 is 0 Å². The number of hydrogen-bond donors (Lipinski definition) is 0. The predicted molar refractivity (Wildman–Crippen MR) is 209 cm³/mol. The van der Waals surface area contributed by atoms with Gasteiger partial charge in [-0.3, -0.25) is 4.57 Å². The number of nitrogens with zero attached hydrogens (tertiary/aromatic N) is 4. The third-order valence-electron chi connectivity index (χ3n) is 9.13. The van der Waals surface area contributed by atoms with E-state index in [-0.39, 0.29) is 0 Å². The number of rotatable bonds is 6. The Morgan fingerprint density at radius 3 is 1.88 bits per heavy atom. The fourth-order valence-electron chi connectivity index (χ4n) is 6.73. The Labute approximate surface area is 292 Å². The van der Waals surface area contributed by atoms with Crippen molar-refractivity contribution < 1.29 is 4.42 Å². The van der Waals surface area contributed by atoms with Crippen molar-refractivity contribution in [2.24, 2.45) is 0 Å². The number of hydrogen-bond acceptors (Lipinski definition) is 3. The van der Waals surface area contributed by atoms with Gasteiger partial charge in [0.1, 0.15) is 11.1 Å². The highest BCUT2D eigenvalue weighted by Gasteiger charge is 2.23. The van der Waals surface area contributed by atoms with E-state index in [0.29, 0.717) is 5.92 Å². The Hall–Kier alpha value is -6.07. The Morgan fingerprint density at radius 1 is 0.620 bits per heavy atom. The van der Waals surface area contributed by atoms with Gasteiger partial charge in [0.15, 0.2) is 0 Å². The molecular formula is C45H40N4O. The molecule has 0 saturated heterocycles. The van der Waals surface area contributed by atoms with Gasteiger partial charge in [-0.2, -0.15) is 0 Å². The predicted octanol–water partition coefficient (Wildman–Crippen LogP) is 12.9. The first-order valence-electron chi connectivity index (χ1n) is 17.5. The lowest BCUT2D eigenvalue weighted by Crippen LogP contribution is -2.10. The van der Waals surface area contributed by atoms with Crippen molar-refractivity contribution in [3.05, 3.63) is 157 Å². The van der Waals surface area contributed by atoms with Crippen molar-refractivity contribution >= 4 is 56.1 Å². The minimum Gasteiger partial charge on any atom is -0.437 e. The lowest BCUT2D eigenvalue weighted by atomic mass is 10.0. The minimum atomic E-state index is 0.458. The van der Waals surface area contributed by atoms with Crippen LogP contribution in [0.2, 0.25) is 0 Å². The maximum atomic E-state index is 6.43. The normalized spacial score (nSPS) is 11.5. The van der Waals surface area contributed by atoms with Crippen LogP contribution in [0.1, 0.15) is 45.6 Å². The summed E-state index contributed by atoms with van der Waals surface area (Å²) in [5, 5.41) is 1.02.